The van der Waals surface area contributed by atoms with Gasteiger partial charge in [-0.25, -0.2) is 9.97 Å². The molecule has 7 rings (SSSR count). The van der Waals surface area contributed by atoms with Gasteiger partial charge >= 0.3 is 0 Å². The number of imidazole rings is 1. The second-order valence-corrected chi connectivity index (χ2v) is 9.18. The van der Waals surface area contributed by atoms with Crippen LogP contribution in [0.15, 0.2) is 55.0 Å². The summed E-state index contributed by atoms with van der Waals surface area (Å²) in [7, 11) is 0. The lowest BCUT2D eigenvalue weighted by Gasteiger charge is -2.14. The number of benzene rings is 1. The molecule has 4 aromatic heterocycles. The van der Waals surface area contributed by atoms with Crippen LogP contribution in [0.1, 0.15) is 12.8 Å². The van der Waals surface area contributed by atoms with E-state index in [4.69, 9.17) is 19.2 Å². The Morgan fingerprint density at radius 1 is 0.973 bits per heavy atom. The molecular formula is C27H25N7O3. The smallest absolute Gasteiger partial charge is 0.231 e. The predicted molar refractivity (Wildman–Crippen MR) is 137 cm³/mol. The van der Waals surface area contributed by atoms with E-state index in [-0.39, 0.29) is 6.79 Å². The first-order valence-corrected chi connectivity index (χ1v) is 12.4. The highest BCUT2D eigenvalue weighted by Crippen LogP contribution is 2.37. The summed E-state index contributed by atoms with van der Waals surface area (Å²) in [6, 6.07) is 11.7. The average Bonchev–Trinajstić information content (AvgIpc) is 3.74. The number of fused-ring (bicyclic) bond motifs is 2. The first-order valence-electron chi connectivity index (χ1n) is 12.4. The Bertz CT molecular complexity index is 1570. The van der Waals surface area contributed by atoms with E-state index in [0.717, 1.165) is 64.8 Å². The topological polar surface area (TPSA) is 114 Å². The quantitative estimate of drug-likeness (QED) is 0.344. The Kier molecular flexibility index (Phi) is 5.43. The summed E-state index contributed by atoms with van der Waals surface area (Å²) in [5, 5.41) is 7.60. The van der Waals surface area contributed by atoms with Crippen LogP contribution in [0.25, 0.3) is 45.1 Å². The zero-order valence-electron chi connectivity index (χ0n) is 20.1. The number of ether oxygens (including phenoxy) is 3. The van der Waals surface area contributed by atoms with E-state index in [2.05, 4.69) is 30.0 Å². The Hall–Kier alpha value is -4.44. The van der Waals surface area contributed by atoms with Crippen molar-refractivity contribution in [1.82, 2.24) is 35.0 Å². The number of H-pyrrole nitrogens is 2. The molecule has 0 aliphatic carbocycles. The third-order valence-corrected chi connectivity index (χ3v) is 6.79. The molecule has 10 nitrogen and oxygen atoms in total. The molecule has 0 amide bonds. The summed E-state index contributed by atoms with van der Waals surface area (Å²) in [6.07, 6.45) is 7.86. The Balaban J connectivity index is 1.13. The molecule has 37 heavy (non-hydrogen) atoms. The van der Waals surface area contributed by atoms with Crippen molar-refractivity contribution in [3.63, 3.8) is 0 Å². The standard InChI is InChI=1S/C27H25N7O3/c1-2-8-34(7-1)9-10-35-19-11-18(14-28-15-19)21-13-22(33-32-21)26-30-25-20(5-6-29-27(25)31-26)17-3-4-23-24(12-17)37-16-36-23/h3-6,11-15H,1-2,7-10,16H2,(H,32,33)(H,29,30,31). The van der Waals surface area contributed by atoms with Gasteiger partial charge in [-0.3, -0.25) is 15.0 Å². The number of rotatable bonds is 7. The van der Waals surface area contributed by atoms with Crippen LogP contribution in [0.2, 0.25) is 0 Å². The van der Waals surface area contributed by atoms with Gasteiger partial charge in [0.2, 0.25) is 6.79 Å². The van der Waals surface area contributed by atoms with Crippen LogP contribution < -0.4 is 14.2 Å². The third-order valence-electron chi connectivity index (χ3n) is 6.79. The molecule has 5 aromatic rings. The number of hydrogen-bond acceptors (Lipinski definition) is 8. The lowest BCUT2D eigenvalue weighted by Crippen LogP contribution is -2.25. The predicted octanol–water partition coefficient (Wildman–Crippen LogP) is 4.28. The van der Waals surface area contributed by atoms with E-state index in [0.29, 0.717) is 23.8 Å². The van der Waals surface area contributed by atoms with Crippen LogP contribution in [0.5, 0.6) is 17.2 Å². The molecule has 10 heteroatoms. The van der Waals surface area contributed by atoms with Crippen molar-refractivity contribution >= 4 is 11.2 Å². The molecule has 6 heterocycles. The summed E-state index contributed by atoms with van der Waals surface area (Å²) in [5.41, 5.74) is 5.78. The van der Waals surface area contributed by atoms with Crippen LogP contribution in [0, 0.1) is 0 Å². The zero-order chi connectivity index (χ0) is 24.6. The zero-order valence-corrected chi connectivity index (χ0v) is 20.1. The highest BCUT2D eigenvalue weighted by atomic mass is 16.7. The highest BCUT2D eigenvalue weighted by Gasteiger charge is 2.18. The number of pyridine rings is 2. The van der Waals surface area contributed by atoms with Gasteiger partial charge in [0.05, 0.1) is 11.9 Å². The van der Waals surface area contributed by atoms with E-state index >= 15 is 0 Å². The molecule has 2 aliphatic heterocycles. The van der Waals surface area contributed by atoms with Crippen LogP contribution in [0.4, 0.5) is 0 Å². The minimum atomic E-state index is 0.238. The minimum Gasteiger partial charge on any atom is -0.491 e. The van der Waals surface area contributed by atoms with Crippen molar-refractivity contribution in [3.8, 4) is 51.2 Å². The third kappa shape index (κ3) is 4.25. The molecule has 1 saturated heterocycles. The van der Waals surface area contributed by atoms with Gasteiger partial charge in [-0.05, 0) is 61.8 Å². The fourth-order valence-corrected chi connectivity index (χ4v) is 4.86. The molecule has 0 saturated carbocycles. The maximum atomic E-state index is 5.96. The number of nitrogens with one attached hydrogen (secondary N) is 2. The van der Waals surface area contributed by atoms with Gasteiger partial charge in [0, 0.05) is 30.1 Å². The summed E-state index contributed by atoms with van der Waals surface area (Å²) in [4.78, 5) is 19.4. The van der Waals surface area contributed by atoms with E-state index in [1.807, 2.05) is 36.4 Å². The van der Waals surface area contributed by atoms with Crippen LogP contribution in [0.3, 0.4) is 0 Å². The second kappa shape index (κ2) is 9.21. The fourth-order valence-electron chi connectivity index (χ4n) is 4.86. The molecule has 186 valence electrons. The van der Waals surface area contributed by atoms with Crippen molar-refractivity contribution in [1.29, 1.82) is 0 Å². The molecular weight excluding hydrogens is 470 g/mol. The summed E-state index contributed by atoms with van der Waals surface area (Å²) in [6.45, 7) is 4.15. The highest BCUT2D eigenvalue weighted by molar-refractivity contribution is 5.91. The number of aromatic nitrogens is 6. The summed E-state index contributed by atoms with van der Waals surface area (Å²) >= 11 is 0. The monoisotopic (exact) mass is 495 g/mol. The van der Waals surface area contributed by atoms with Crippen LogP contribution in [-0.2, 0) is 0 Å². The first kappa shape index (κ1) is 21.8. The fraction of sp³-hybridized carbons (Fsp3) is 0.259. The molecule has 0 bridgehead atoms. The maximum absolute atomic E-state index is 5.96. The van der Waals surface area contributed by atoms with E-state index in [1.165, 1.54) is 12.8 Å². The number of likely N-dealkylation sites (tertiary alicyclic amines) is 1. The number of nitrogens with zero attached hydrogens (tertiary/aromatic N) is 5. The normalized spacial score (nSPS) is 15.0. The summed E-state index contributed by atoms with van der Waals surface area (Å²) in [5.74, 6) is 2.85. The number of hydrogen-bond donors (Lipinski definition) is 2. The van der Waals surface area contributed by atoms with Crippen LogP contribution >= 0.6 is 0 Å². The van der Waals surface area contributed by atoms with Crippen molar-refractivity contribution in [3.05, 3.63) is 55.0 Å². The first-order chi connectivity index (χ1) is 18.3. The molecule has 2 aliphatic rings. The molecule has 0 unspecified atom stereocenters. The van der Waals surface area contributed by atoms with Crippen molar-refractivity contribution < 1.29 is 14.2 Å². The Labute approximate surface area is 212 Å². The molecule has 0 atom stereocenters. The van der Waals surface area contributed by atoms with Gasteiger partial charge in [-0.15, -0.1) is 0 Å². The molecule has 2 N–H and O–H groups in total. The Morgan fingerprint density at radius 2 is 1.89 bits per heavy atom. The van der Waals surface area contributed by atoms with Crippen molar-refractivity contribution in [2.24, 2.45) is 0 Å². The van der Waals surface area contributed by atoms with Gasteiger partial charge in [0.25, 0.3) is 0 Å². The largest absolute Gasteiger partial charge is 0.491 e. The molecule has 1 aromatic carbocycles. The van der Waals surface area contributed by atoms with E-state index in [1.54, 1.807) is 18.6 Å². The lowest BCUT2D eigenvalue weighted by molar-refractivity contribution is 0.174. The maximum Gasteiger partial charge on any atom is 0.231 e. The molecule has 1 fully saturated rings. The van der Waals surface area contributed by atoms with Crippen molar-refractivity contribution in [2.45, 2.75) is 12.8 Å². The van der Waals surface area contributed by atoms with E-state index < -0.39 is 0 Å². The molecule has 0 spiro atoms. The SMILES string of the molecule is c1cc(-c2ccc3c(c2)OCO3)c2nc(-c3cc(-c4cncc(OCCN5CCCC5)c4)[nH]n3)[nH]c2n1. The van der Waals surface area contributed by atoms with Gasteiger partial charge < -0.3 is 19.2 Å². The lowest BCUT2D eigenvalue weighted by atomic mass is 10.1. The van der Waals surface area contributed by atoms with Crippen LogP contribution in [-0.4, -0.2) is 68.1 Å². The van der Waals surface area contributed by atoms with Gasteiger partial charge in [0.15, 0.2) is 23.0 Å². The Morgan fingerprint density at radius 3 is 2.84 bits per heavy atom. The summed E-state index contributed by atoms with van der Waals surface area (Å²) < 4.78 is 17.0. The van der Waals surface area contributed by atoms with E-state index in [9.17, 15) is 0 Å². The van der Waals surface area contributed by atoms with Gasteiger partial charge in [0.1, 0.15) is 23.6 Å². The van der Waals surface area contributed by atoms with Crippen molar-refractivity contribution in [2.75, 3.05) is 33.0 Å². The average molecular weight is 496 g/mol. The van der Waals surface area contributed by atoms with Gasteiger partial charge in [-0.2, -0.15) is 5.10 Å². The van der Waals surface area contributed by atoms with Gasteiger partial charge in [-0.1, -0.05) is 6.07 Å². The minimum absolute atomic E-state index is 0.238. The number of aromatic amines is 2. The molecule has 0 radical (unpaired) electrons. The second-order valence-electron chi connectivity index (χ2n) is 9.18.